The largest absolute Gasteiger partial charge is 0.472 e. The van der Waals surface area contributed by atoms with Crippen molar-refractivity contribution >= 4 is 16.9 Å². The Balaban J connectivity index is 1.44. The molecule has 0 bridgehead atoms. The number of fused-ring (bicyclic) bond motifs is 1. The molecule has 0 saturated carbocycles. The lowest BCUT2D eigenvalue weighted by atomic mass is 10.2. The lowest BCUT2D eigenvalue weighted by Crippen LogP contribution is -2.31. The topological polar surface area (TPSA) is 68.2 Å². The van der Waals surface area contributed by atoms with E-state index in [2.05, 4.69) is 15.0 Å². The highest BCUT2D eigenvalue weighted by atomic mass is 19.4. The number of para-hydroxylation sites is 2. The molecule has 1 aliphatic heterocycles. The van der Waals surface area contributed by atoms with Crippen LogP contribution in [0.5, 0.6) is 5.88 Å². The van der Waals surface area contributed by atoms with Gasteiger partial charge in [0.2, 0.25) is 5.88 Å². The lowest BCUT2D eigenvalue weighted by molar-refractivity contribution is -0.137. The molecule has 0 N–H and O–H groups in total. The molecule has 0 spiro atoms. The number of pyridine rings is 1. The van der Waals surface area contributed by atoms with Gasteiger partial charge in [0, 0.05) is 25.2 Å². The smallest absolute Gasteiger partial charge is 0.416 e. The van der Waals surface area contributed by atoms with Crippen molar-refractivity contribution in [3.63, 3.8) is 0 Å². The number of alkyl halides is 3. The molecule has 1 aliphatic rings. The number of aromatic nitrogens is 3. The van der Waals surface area contributed by atoms with Crippen LogP contribution in [0, 0.1) is 0 Å². The predicted molar refractivity (Wildman–Crippen MR) is 93.7 cm³/mol. The molecular weight excluding hydrogens is 373 g/mol. The van der Waals surface area contributed by atoms with Crippen LogP contribution in [0.25, 0.3) is 11.0 Å². The highest BCUT2D eigenvalue weighted by molar-refractivity contribution is 5.94. The van der Waals surface area contributed by atoms with Crippen LogP contribution in [-0.4, -0.2) is 45.0 Å². The molecule has 1 atom stereocenters. The molecule has 2 aromatic heterocycles. The molecule has 4 rings (SSSR count). The Morgan fingerprint density at radius 1 is 1.14 bits per heavy atom. The van der Waals surface area contributed by atoms with Gasteiger partial charge in [-0.2, -0.15) is 13.2 Å². The summed E-state index contributed by atoms with van der Waals surface area (Å²) in [5.74, 6) is -0.402. The van der Waals surface area contributed by atoms with Crippen molar-refractivity contribution in [3.05, 3.63) is 60.0 Å². The Morgan fingerprint density at radius 3 is 2.71 bits per heavy atom. The molecule has 0 aliphatic carbocycles. The average molecular weight is 388 g/mol. The third kappa shape index (κ3) is 3.73. The van der Waals surface area contributed by atoms with Gasteiger partial charge in [-0.15, -0.1) is 0 Å². The number of halogens is 3. The number of carbonyl (C=O) groups excluding carboxylic acids is 1. The normalized spacial score (nSPS) is 17.1. The molecule has 1 aromatic carbocycles. The van der Waals surface area contributed by atoms with E-state index in [9.17, 15) is 18.0 Å². The minimum atomic E-state index is -4.46. The molecule has 144 valence electrons. The van der Waals surface area contributed by atoms with Crippen molar-refractivity contribution < 1.29 is 22.7 Å². The number of amides is 1. The molecular formula is C19H15F3N4O2. The van der Waals surface area contributed by atoms with Gasteiger partial charge < -0.3 is 9.64 Å². The molecule has 0 radical (unpaired) electrons. The van der Waals surface area contributed by atoms with Crippen LogP contribution in [-0.2, 0) is 6.18 Å². The number of nitrogens with zero attached hydrogens (tertiary/aromatic N) is 4. The number of likely N-dealkylation sites (tertiary alicyclic amines) is 1. The molecule has 1 saturated heterocycles. The lowest BCUT2D eigenvalue weighted by Gasteiger charge is -2.17. The minimum absolute atomic E-state index is 0.111. The molecule has 1 fully saturated rings. The van der Waals surface area contributed by atoms with E-state index < -0.39 is 17.8 Å². The Labute approximate surface area is 158 Å². The Bertz CT molecular complexity index is 1030. The van der Waals surface area contributed by atoms with Crippen LogP contribution in [0.1, 0.15) is 22.5 Å². The standard InChI is InChI=1S/C19H15F3N4O2/c20-19(21,22)12-5-7-23-17(9-12)28-13-6-8-26(11-13)18(27)16-10-24-14-3-1-2-4-15(14)25-16/h1-5,7,9-10,13H,6,8,11H2. The fraction of sp³-hybridized carbons (Fsp3) is 0.263. The van der Waals surface area contributed by atoms with E-state index >= 15 is 0 Å². The maximum absolute atomic E-state index is 12.8. The van der Waals surface area contributed by atoms with Gasteiger partial charge in [-0.25, -0.2) is 9.97 Å². The van der Waals surface area contributed by atoms with Crippen LogP contribution in [0.4, 0.5) is 13.2 Å². The molecule has 1 unspecified atom stereocenters. The van der Waals surface area contributed by atoms with Crippen LogP contribution < -0.4 is 4.74 Å². The zero-order valence-corrected chi connectivity index (χ0v) is 14.6. The van der Waals surface area contributed by atoms with Gasteiger partial charge in [0.1, 0.15) is 11.8 Å². The predicted octanol–water partition coefficient (Wildman–Crippen LogP) is 3.34. The number of hydrogen-bond acceptors (Lipinski definition) is 5. The van der Waals surface area contributed by atoms with E-state index in [0.29, 0.717) is 24.0 Å². The molecule has 1 amide bonds. The Morgan fingerprint density at radius 2 is 1.93 bits per heavy atom. The first-order chi connectivity index (χ1) is 13.4. The third-order valence-corrected chi connectivity index (χ3v) is 4.45. The maximum atomic E-state index is 12.8. The molecule has 28 heavy (non-hydrogen) atoms. The van der Waals surface area contributed by atoms with E-state index in [0.717, 1.165) is 18.3 Å². The summed E-state index contributed by atoms with van der Waals surface area (Å²) >= 11 is 0. The second-order valence-corrected chi connectivity index (χ2v) is 6.40. The Kier molecular flexibility index (Phi) is 4.58. The van der Waals surface area contributed by atoms with Gasteiger partial charge >= 0.3 is 6.18 Å². The van der Waals surface area contributed by atoms with Gasteiger partial charge in [0.25, 0.3) is 5.91 Å². The zero-order valence-electron chi connectivity index (χ0n) is 14.6. The van der Waals surface area contributed by atoms with Crippen molar-refractivity contribution in [2.75, 3.05) is 13.1 Å². The third-order valence-electron chi connectivity index (χ3n) is 4.45. The summed E-state index contributed by atoms with van der Waals surface area (Å²) in [4.78, 5) is 26.6. The van der Waals surface area contributed by atoms with Crippen LogP contribution >= 0.6 is 0 Å². The van der Waals surface area contributed by atoms with Gasteiger partial charge in [0.05, 0.1) is 29.3 Å². The van der Waals surface area contributed by atoms with Gasteiger partial charge in [-0.05, 0) is 18.2 Å². The highest BCUT2D eigenvalue weighted by Gasteiger charge is 2.32. The van der Waals surface area contributed by atoms with Gasteiger partial charge in [0.15, 0.2) is 0 Å². The number of hydrogen-bond donors (Lipinski definition) is 0. The van der Waals surface area contributed by atoms with Crippen LogP contribution in [0.3, 0.4) is 0 Å². The Hall–Kier alpha value is -3.23. The quantitative estimate of drug-likeness (QED) is 0.689. The SMILES string of the molecule is O=C(c1cnc2ccccc2n1)N1CCC(Oc2cc(C(F)(F)F)ccn2)C1. The summed E-state index contributed by atoms with van der Waals surface area (Å²) in [6, 6.07) is 8.97. The summed E-state index contributed by atoms with van der Waals surface area (Å²) in [5, 5.41) is 0. The van der Waals surface area contributed by atoms with E-state index in [-0.39, 0.29) is 24.0 Å². The number of ether oxygens (including phenoxy) is 1. The summed E-state index contributed by atoms with van der Waals surface area (Å²) in [6.45, 7) is 0.655. The van der Waals surface area contributed by atoms with Crippen molar-refractivity contribution in [1.82, 2.24) is 19.9 Å². The van der Waals surface area contributed by atoms with Crippen LogP contribution in [0.2, 0.25) is 0 Å². The first-order valence-corrected chi connectivity index (χ1v) is 8.61. The second-order valence-electron chi connectivity index (χ2n) is 6.40. The minimum Gasteiger partial charge on any atom is -0.472 e. The van der Waals surface area contributed by atoms with E-state index in [1.165, 1.54) is 6.20 Å². The number of carbonyl (C=O) groups is 1. The van der Waals surface area contributed by atoms with Crippen molar-refractivity contribution in [1.29, 1.82) is 0 Å². The molecule has 9 heteroatoms. The summed E-state index contributed by atoms with van der Waals surface area (Å²) < 4.78 is 44.0. The fourth-order valence-corrected chi connectivity index (χ4v) is 3.05. The van der Waals surface area contributed by atoms with Crippen molar-refractivity contribution in [3.8, 4) is 5.88 Å². The second kappa shape index (κ2) is 7.06. The maximum Gasteiger partial charge on any atom is 0.416 e. The fourth-order valence-electron chi connectivity index (χ4n) is 3.05. The zero-order chi connectivity index (χ0) is 19.7. The summed E-state index contributed by atoms with van der Waals surface area (Å²) in [6.07, 6.45) is -1.93. The number of rotatable bonds is 3. The average Bonchev–Trinajstić information content (AvgIpc) is 3.15. The first-order valence-electron chi connectivity index (χ1n) is 8.61. The molecule has 3 heterocycles. The van der Waals surface area contributed by atoms with E-state index in [1.54, 1.807) is 17.0 Å². The number of benzene rings is 1. The van der Waals surface area contributed by atoms with Crippen molar-refractivity contribution in [2.24, 2.45) is 0 Å². The van der Waals surface area contributed by atoms with Crippen LogP contribution in [0.15, 0.2) is 48.8 Å². The van der Waals surface area contributed by atoms with E-state index in [1.807, 2.05) is 12.1 Å². The van der Waals surface area contributed by atoms with Crippen molar-refractivity contribution in [2.45, 2.75) is 18.7 Å². The first kappa shape index (κ1) is 18.1. The van der Waals surface area contributed by atoms with Gasteiger partial charge in [-0.3, -0.25) is 9.78 Å². The monoisotopic (exact) mass is 388 g/mol. The highest BCUT2D eigenvalue weighted by Crippen LogP contribution is 2.31. The summed E-state index contributed by atoms with van der Waals surface area (Å²) in [7, 11) is 0. The van der Waals surface area contributed by atoms with E-state index in [4.69, 9.17) is 4.74 Å². The molecule has 6 nitrogen and oxygen atoms in total. The van der Waals surface area contributed by atoms with Gasteiger partial charge in [-0.1, -0.05) is 12.1 Å². The summed E-state index contributed by atoms with van der Waals surface area (Å²) in [5.41, 5.74) is 0.706. The molecule has 3 aromatic rings.